The first kappa shape index (κ1) is 26.0. The van der Waals surface area contributed by atoms with Crippen molar-refractivity contribution in [3.05, 3.63) is 66.7 Å². The number of nitrogen functional groups attached to an aromatic ring is 1. The number of rotatable bonds is 6. The quantitative estimate of drug-likeness (QED) is 0.208. The van der Waals surface area contributed by atoms with Crippen LogP contribution in [0.2, 0.25) is 0 Å². The van der Waals surface area contributed by atoms with Crippen LogP contribution in [0.15, 0.2) is 61.2 Å². The molecule has 9 nitrogen and oxygen atoms in total. The van der Waals surface area contributed by atoms with E-state index in [0.29, 0.717) is 43.4 Å². The van der Waals surface area contributed by atoms with Gasteiger partial charge in [0.15, 0.2) is 11.6 Å². The molecule has 0 saturated carbocycles. The molecule has 0 radical (unpaired) electrons. The Labute approximate surface area is 237 Å². The number of nitrogens with two attached hydrogens (primary N) is 1. The monoisotopic (exact) mass is 553 g/mol. The molecule has 0 unspecified atom stereocenters. The second-order valence-electron chi connectivity index (χ2n) is 9.81. The number of benzene rings is 2. The van der Waals surface area contributed by atoms with E-state index in [1.54, 1.807) is 17.4 Å². The summed E-state index contributed by atoms with van der Waals surface area (Å²) in [6.45, 7) is 9.40. The van der Waals surface area contributed by atoms with E-state index in [1.165, 1.54) is 12.3 Å². The number of aromatic nitrogens is 2. The van der Waals surface area contributed by atoms with Crippen molar-refractivity contribution in [1.82, 2.24) is 14.9 Å². The number of nitrogens with zero attached hydrogens (tertiary/aromatic N) is 5. The van der Waals surface area contributed by atoms with Crippen molar-refractivity contribution < 1.29 is 9.53 Å². The molecule has 40 heavy (non-hydrogen) atoms. The van der Waals surface area contributed by atoms with Gasteiger partial charge in [0.2, 0.25) is 5.91 Å². The normalized spacial score (nSPS) is 15.8. The summed E-state index contributed by atoms with van der Waals surface area (Å²) >= 11 is 1.69. The third-order valence-electron chi connectivity index (χ3n) is 7.47. The van der Waals surface area contributed by atoms with Gasteiger partial charge in [-0.3, -0.25) is 4.79 Å². The molecule has 1 amide bonds. The molecular weight excluding hydrogens is 522 g/mol. The van der Waals surface area contributed by atoms with Crippen LogP contribution in [-0.4, -0.2) is 79.5 Å². The van der Waals surface area contributed by atoms with Crippen molar-refractivity contribution >= 4 is 50.9 Å². The highest BCUT2D eigenvalue weighted by Crippen LogP contribution is 2.40. The number of nitrogens with one attached hydrogen (secondary N) is 1. The molecule has 0 bridgehead atoms. The average molecular weight is 554 g/mol. The van der Waals surface area contributed by atoms with Crippen molar-refractivity contribution in [2.24, 2.45) is 0 Å². The van der Waals surface area contributed by atoms with Crippen LogP contribution in [0.25, 0.3) is 32.0 Å². The summed E-state index contributed by atoms with van der Waals surface area (Å²) < 4.78 is 6.64. The third-order valence-corrected chi connectivity index (χ3v) is 8.64. The summed E-state index contributed by atoms with van der Waals surface area (Å²) in [7, 11) is 0. The molecule has 4 aromatic rings. The van der Waals surface area contributed by atoms with E-state index in [-0.39, 0.29) is 5.91 Å². The zero-order chi connectivity index (χ0) is 27.6. The number of morpholine rings is 1. The topological polar surface area (TPSA) is 112 Å². The summed E-state index contributed by atoms with van der Waals surface area (Å²) in [5.74, 6) is 1.45. The lowest BCUT2D eigenvalue weighted by molar-refractivity contribution is -0.126. The smallest absolute Gasteiger partial charge is 0.246 e. The number of carbonyl (C=O) groups excluding carboxylic acids is 1. The van der Waals surface area contributed by atoms with E-state index in [1.807, 2.05) is 17.0 Å². The van der Waals surface area contributed by atoms with E-state index in [0.717, 1.165) is 63.9 Å². The number of carbonyl (C=O) groups is 1. The summed E-state index contributed by atoms with van der Waals surface area (Å²) in [4.78, 5) is 29.4. The molecular formula is C30H31N7O2S. The van der Waals surface area contributed by atoms with Crippen LogP contribution < -0.4 is 15.5 Å². The Balaban J connectivity index is 1.34. The fraction of sp³-hybridized carbons (Fsp3) is 0.267. The lowest BCUT2D eigenvalue weighted by Gasteiger charge is -2.35. The number of hydrogen-bond donors (Lipinski definition) is 2. The summed E-state index contributed by atoms with van der Waals surface area (Å²) in [5, 5.41) is 7.92. The first-order valence-corrected chi connectivity index (χ1v) is 14.2. The first-order valence-electron chi connectivity index (χ1n) is 13.4. The van der Waals surface area contributed by atoms with E-state index in [4.69, 9.17) is 25.8 Å². The van der Waals surface area contributed by atoms with Gasteiger partial charge < -0.3 is 30.6 Å². The highest BCUT2D eigenvalue weighted by atomic mass is 32.1. The molecule has 3 N–H and O–H groups in total. The summed E-state index contributed by atoms with van der Waals surface area (Å²) in [6.07, 6.45) is 2.65. The van der Waals surface area contributed by atoms with Crippen LogP contribution in [0.5, 0.6) is 0 Å². The second kappa shape index (κ2) is 11.1. The van der Waals surface area contributed by atoms with Crippen LogP contribution >= 0.6 is 11.3 Å². The van der Waals surface area contributed by atoms with Crippen molar-refractivity contribution in [1.29, 1.82) is 5.41 Å². The number of anilines is 3. The largest absolute Gasteiger partial charge is 0.398 e. The molecule has 2 saturated heterocycles. The van der Waals surface area contributed by atoms with Gasteiger partial charge in [-0.05, 0) is 35.9 Å². The highest BCUT2D eigenvalue weighted by Gasteiger charge is 2.23. The molecule has 2 aliphatic heterocycles. The summed E-state index contributed by atoms with van der Waals surface area (Å²) in [6, 6.07) is 16.3. The first-order chi connectivity index (χ1) is 19.6. The second-order valence-corrected chi connectivity index (χ2v) is 10.9. The van der Waals surface area contributed by atoms with Crippen molar-refractivity contribution in [2.45, 2.75) is 0 Å². The molecule has 2 aromatic carbocycles. The highest BCUT2D eigenvalue weighted by molar-refractivity contribution is 7.22. The Kier molecular flexibility index (Phi) is 7.19. The molecule has 2 fully saturated rings. The number of ether oxygens (including phenoxy) is 1. The fourth-order valence-electron chi connectivity index (χ4n) is 5.26. The Morgan fingerprint density at radius 1 is 1.00 bits per heavy atom. The van der Waals surface area contributed by atoms with Gasteiger partial charge in [0, 0.05) is 72.9 Å². The van der Waals surface area contributed by atoms with Crippen LogP contribution in [0.4, 0.5) is 17.2 Å². The molecule has 10 heteroatoms. The van der Waals surface area contributed by atoms with Crippen molar-refractivity contribution in [3.63, 3.8) is 0 Å². The van der Waals surface area contributed by atoms with Crippen molar-refractivity contribution in [2.75, 3.05) is 68.0 Å². The predicted molar refractivity (Wildman–Crippen MR) is 163 cm³/mol. The Bertz CT molecular complexity index is 1570. The number of amides is 1. The van der Waals surface area contributed by atoms with Crippen LogP contribution in [0.1, 0.15) is 5.56 Å². The van der Waals surface area contributed by atoms with Gasteiger partial charge in [-0.15, -0.1) is 11.3 Å². The van der Waals surface area contributed by atoms with Gasteiger partial charge in [0.25, 0.3) is 0 Å². The van der Waals surface area contributed by atoms with Gasteiger partial charge in [-0.25, -0.2) is 9.97 Å². The minimum Gasteiger partial charge on any atom is -0.398 e. The van der Waals surface area contributed by atoms with Gasteiger partial charge in [-0.1, -0.05) is 30.8 Å². The van der Waals surface area contributed by atoms with Gasteiger partial charge in [-0.2, -0.15) is 0 Å². The molecule has 0 aliphatic carbocycles. The molecule has 2 aliphatic rings. The van der Waals surface area contributed by atoms with E-state index in [9.17, 15) is 4.79 Å². The minimum atomic E-state index is -0.00718. The van der Waals surface area contributed by atoms with Crippen LogP contribution in [-0.2, 0) is 9.53 Å². The maximum absolute atomic E-state index is 11.9. The number of hydrogen-bond acceptors (Lipinski definition) is 9. The molecule has 0 atom stereocenters. The molecule has 0 spiro atoms. The minimum absolute atomic E-state index is 0.00718. The van der Waals surface area contributed by atoms with E-state index >= 15 is 0 Å². The Morgan fingerprint density at radius 2 is 1.75 bits per heavy atom. The number of piperazine rings is 1. The molecule has 6 rings (SSSR count). The standard InChI is InChI=1S/C30H31N7O2S/c1-2-27(38)36-12-10-35(11-13-36)21-8-6-20(7-9-21)26-18-25-28(40-26)30(37-14-16-39-17-15-37)34-29(33-25)22-4-3-5-24(32)23(22)19-31/h2-9,18-19,31H,1,10-17,32H2. The summed E-state index contributed by atoms with van der Waals surface area (Å²) in [5.41, 5.74) is 11.2. The van der Waals surface area contributed by atoms with Crippen LogP contribution in [0, 0.1) is 5.41 Å². The lowest BCUT2D eigenvalue weighted by atomic mass is 10.1. The predicted octanol–water partition coefficient (Wildman–Crippen LogP) is 4.28. The van der Waals surface area contributed by atoms with E-state index in [2.05, 4.69) is 46.7 Å². The molecule has 204 valence electrons. The number of fused-ring (bicyclic) bond motifs is 1. The number of thiophene rings is 1. The average Bonchev–Trinajstić information content (AvgIpc) is 3.45. The van der Waals surface area contributed by atoms with Crippen LogP contribution in [0.3, 0.4) is 0 Å². The maximum atomic E-state index is 11.9. The zero-order valence-corrected chi connectivity index (χ0v) is 23.0. The van der Waals surface area contributed by atoms with Gasteiger partial charge in [0.1, 0.15) is 0 Å². The lowest BCUT2D eigenvalue weighted by Crippen LogP contribution is -2.48. The zero-order valence-electron chi connectivity index (χ0n) is 22.2. The van der Waals surface area contributed by atoms with Crippen molar-refractivity contribution in [3.8, 4) is 21.8 Å². The fourth-order valence-corrected chi connectivity index (χ4v) is 6.38. The Hall–Kier alpha value is -4.28. The SMILES string of the molecule is C=CC(=O)N1CCN(c2ccc(-c3cc4nc(-c5cccc(N)c5C=N)nc(N5CCOCC5)c4s3)cc2)CC1. The maximum Gasteiger partial charge on any atom is 0.246 e. The third kappa shape index (κ3) is 4.91. The van der Waals surface area contributed by atoms with Gasteiger partial charge >= 0.3 is 0 Å². The van der Waals surface area contributed by atoms with Gasteiger partial charge in [0.05, 0.1) is 23.4 Å². The Morgan fingerprint density at radius 3 is 2.45 bits per heavy atom. The molecule has 4 heterocycles. The van der Waals surface area contributed by atoms with E-state index < -0.39 is 0 Å². The molecule has 2 aromatic heterocycles.